The van der Waals surface area contributed by atoms with Crippen LogP contribution in [-0.4, -0.2) is 46.5 Å². The summed E-state index contributed by atoms with van der Waals surface area (Å²) in [5.41, 5.74) is 0.740. The molecule has 0 fully saturated rings. The molecule has 0 spiro atoms. The second-order valence-corrected chi connectivity index (χ2v) is 6.57. The first-order valence-corrected chi connectivity index (χ1v) is 8.56. The Morgan fingerprint density at radius 1 is 1.29 bits per heavy atom. The summed E-state index contributed by atoms with van der Waals surface area (Å²) in [6, 6.07) is 4.16. The van der Waals surface area contributed by atoms with Gasteiger partial charge < -0.3 is 10.2 Å². The average Bonchev–Trinajstić information content (AvgIpc) is 2.45. The number of nitrogens with zero attached hydrogens (tertiary/aromatic N) is 1. The molecule has 5 nitrogen and oxygen atoms in total. The molecule has 0 saturated heterocycles. The standard InChI is InChI=1S/C14H24FN3O2S/c1-4-16-11-12-6-7-13(15)14(10-12)21(19,20)17-8-9-18(3)5-2/h6-7,10,16-17H,4-5,8-9,11H2,1-3H3. The molecular weight excluding hydrogens is 293 g/mol. The Morgan fingerprint density at radius 3 is 2.62 bits per heavy atom. The van der Waals surface area contributed by atoms with E-state index in [0.717, 1.165) is 18.7 Å². The van der Waals surface area contributed by atoms with Crippen LogP contribution in [0.25, 0.3) is 0 Å². The van der Waals surface area contributed by atoms with Crippen LogP contribution in [0.2, 0.25) is 0 Å². The predicted molar refractivity (Wildman–Crippen MR) is 82.1 cm³/mol. The molecule has 0 bridgehead atoms. The Bertz CT molecular complexity index is 549. The summed E-state index contributed by atoms with van der Waals surface area (Å²) < 4.78 is 40.5. The summed E-state index contributed by atoms with van der Waals surface area (Å²) in [4.78, 5) is 1.68. The molecule has 7 heteroatoms. The number of hydrogen-bond donors (Lipinski definition) is 2. The van der Waals surface area contributed by atoms with Gasteiger partial charge in [0, 0.05) is 19.6 Å². The van der Waals surface area contributed by atoms with E-state index in [1.165, 1.54) is 12.1 Å². The van der Waals surface area contributed by atoms with Gasteiger partial charge in [0.15, 0.2) is 0 Å². The van der Waals surface area contributed by atoms with Crippen molar-refractivity contribution in [2.75, 3.05) is 33.2 Å². The lowest BCUT2D eigenvalue weighted by Crippen LogP contribution is -2.33. The van der Waals surface area contributed by atoms with Crippen LogP contribution in [0, 0.1) is 5.82 Å². The smallest absolute Gasteiger partial charge is 0.243 e. The van der Waals surface area contributed by atoms with Gasteiger partial charge >= 0.3 is 0 Å². The van der Waals surface area contributed by atoms with Gasteiger partial charge in [0.2, 0.25) is 10.0 Å². The van der Waals surface area contributed by atoms with Crippen LogP contribution >= 0.6 is 0 Å². The molecule has 0 aromatic heterocycles. The first-order chi connectivity index (χ1) is 9.90. The number of benzene rings is 1. The number of rotatable bonds is 9. The van der Waals surface area contributed by atoms with Gasteiger partial charge in [-0.3, -0.25) is 0 Å². The molecule has 0 aliphatic carbocycles. The normalized spacial score (nSPS) is 12.0. The topological polar surface area (TPSA) is 61.4 Å². The zero-order valence-electron chi connectivity index (χ0n) is 12.8. The summed E-state index contributed by atoms with van der Waals surface area (Å²) in [6.07, 6.45) is 0. The second kappa shape index (κ2) is 8.43. The number of hydrogen-bond acceptors (Lipinski definition) is 4. The van der Waals surface area contributed by atoms with Crippen molar-refractivity contribution in [3.8, 4) is 0 Å². The number of nitrogens with one attached hydrogen (secondary N) is 2. The maximum absolute atomic E-state index is 13.8. The molecule has 0 heterocycles. The second-order valence-electron chi connectivity index (χ2n) is 4.84. The quantitative estimate of drug-likeness (QED) is 0.718. The molecule has 120 valence electrons. The van der Waals surface area contributed by atoms with Crippen LogP contribution in [-0.2, 0) is 16.6 Å². The Morgan fingerprint density at radius 2 is 2.00 bits per heavy atom. The van der Waals surface area contributed by atoms with Crippen molar-refractivity contribution in [2.24, 2.45) is 0 Å². The summed E-state index contributed by atoms with van der Waals surface area (Å²) in [6.45, 7) is 6.87. The summed E-state index contributed by atoms with van der Waals surface area (Å²) >= 11 is 0. The molecule has 0 amide bonds. The summed E-state index contributed by atoms with van der Waals surface area (Å²) in [5.74, 6) is -0.730. The van der Waals surface area contributed by atoms with Crippen molar-refractivity contribution in [1.29, 1.82) is 0 Å². The van der Waals surface area contributed by atoms with Crippen LogP contribution in [0.1, 0.15) is 19.4 Å². The van der Waals surface area contributed by atoms with E-state index >= 15 is 0 Å². The SMILES string of the molecule is CCNCc1ccc(F)c(S(=O)(=O)NCCN(C)CC)c1. The molecule has 1 aromatic carbocycles. The zero-order chi connectivity index (χ0) is 15.9. The summed E-state index contributed by atoms with van der Waals surface area (Å²) in [5, 5.41) is 3.08. The number of likely N-dealkylation sites (N-methyl/N-ethyl adjacent to an activating group) is 1. The number of halogens is 1. The lowest BCUT2D eigenvalue weighted by atomic mass is 10.2. The van der Waals surface area contributed by atoms with Gasteiger partial charge in [-0.05, 0) is 37.8 Å². The molecule has 2 N–H and O–H groups in total. The molecule has 0 aliphatic rings. The molecule has 1 rings (SSSR count). The molecular formula is C14H24FN3O2S. The van der Waals surface area contributed by atoms with E-state index in [4.69, 9.17) is 0 Å². The molecule has 0 radical (unpaired) electrons. The highest BCUT2D eigenvalue weighted by atomic mass is 32.2. The van der Waals surface area contributed by atoms with Gasteiger partial charge in [-0.25, -0.2) is 17.5 Å². The Hall–Kier alpha value is -1.02. The average molecular weight is 317 g/mol. The first-order valence-electron chi connectivity index (χ1n) is 7.08. The molecule has 0 atom stereocenters. The van der Waals surface area contributed by atoms with E-state index < -0.39 is 15.8 Å². The van der Waals surface area contributed by atoms with Crippen molar-refractivity contribution in [1.82, 2.24) is 14.9 Å². The van der Waals surface area contributed by atoms with Gasteiger partial charge in [-0.15, -0.1) is 0 Å². The van der Waals surface area contributed by atoms with Gasteiger partial charge in [-0.1, -0.05) is 19.9 Å². The van der Waals surface area contributed by atoms with E-state index in [1.54, 1.807) is 6.07 Å². The molecule has 1 aromatic rings. The highest BCUT2D eigenvalue weighted by Crippen LogP contribution is 2.16. The third-order valence-corrected chi connectivity index (χ3v) is 4.67. The zero-order valence-corrected chi connectivity index (χ0v) is 13.6. The Balaban J connectivity index is 2.81. The van der Waals surface area contributed by atoms with E-state index in [9.17, 15) is 12.8 Å². The van der Waals surface area contributed by atoms with Crippen molar-refractivity contribution in [2.45, 2.75) is 25.3 Å². The van der Waals surface area contributed by atoms with Crippen LogP contribution in [0.4, 0.5) is 4.39 Å². The van der Waals surface area contributed by atoms with Crippen LogP contribution in [0.5, 0.6) is 0 Å². The van der Waals surface area contributed by atoms with Crippen LogP contribution in [0.3, 0.4) is 0 Å². The fourth-order valence-corrected chi connectivity index (χ4v) is 2.89. The largest absolute Gasteiger partial charge is 0.313 e. The fourth-order valence-electron chi connectivity index (χ4n) is 1.74. The molecule has 0 saturated carbocycles. The van der Waals surface area contributed by atoms with Crippen LogP contribution < -0.4 is 10.0 Å². The Labute approximate surface area is 126 Å². The van der Waals surface area contributed by atoms with Crippen molar-refractivity contribution in [3.05, 3.63) is 29.6 Å². The van der Waals surface area contributed by atoms with Crippen molar-refractivity contribution >= 4 is 10.0 Å². The van der Waals surface area contributed by atoms with Crippen molar-refractivity contribution in [3.63, 3.8) is 0 Å². The highest BCUT2D eigenvalue weighted by Gasteiger charge is 2.19. The minimum atomic E-state index is -3.82. The molecule has 21 heavy (non-hydrogen) atoms. The molecule has 0 aliphatic heterocycles. The predicted octanol–water partition coefficient (Wildman–Crippen LogP) is 1.17. The maximum atomic E-state index is 13.8. The Kier molecular flexibility index (Phi) is 7.24. The lowest BCUT2D eigenvalue weighted by Gasteiger charge is -2.14. The third-order valence-electron chi connectivity index (χ3n) is 3.19. The summed E-state index contributed by atoms with van der Waals surface area (Å²) in [7, 11) is -1.93. The minimum absolute atomic E-state index is 0.254. The fraction of sp³-hybridized carbons (Fsp3) is 0.571. The van der Waals surface area contributed by atoms with Crippen molar-refractivity contribution < 1.29 is 12.8 Å². The minimum Gasteiger partial charge on any atom is -0.313 e. The monoisotopic (exact) mass is 317 g/mol. The first kappa shape index (κ1) is 18.0. The van der Waals surface area contributed by atoms with E-state index in [0.29, 0.717) is 13.1 Å². The number of sulfonamides is 1. The van der Waals surface area contributed by atoms with Crippen LogP contribution in [0.15, 0.2) is 23.1 Å². The molecule has 0 unspecified atom stereocenters. The van der Waals surface area contributed by atoms with Gasteiger partial charge in [0.1, 0.15) is 10.7 Å². The third kappa shape index (κ3) is 5.70. The van der Waals surface area contributed by atoms with Gasteiger partial charge in [0.25, 0.3) is 0 Å². The van der Waals surface area contributed by atoms with Gasteiger partial charge in [-0.2, -0.15) is 0 Å². The van der Waals surface area contributed by atoms with E-state index in [-0.39, 0.29) is 11.4 Å². The maximum Gasteiger partial charge on any atom is 0.243 e. The van der Waals surface area contributed by atoms with E-state index in [2.05, 4.69) is 10.0 Å². The van der Waals surface area contributed by atoms with E-state index in [1.807, 2.05) is 25.8 Å². The van der Waals surface area contributed by atoms with Gasteiger partial charge in [0.05, 0.1) is 0 Å². The lowest BCUT2D eigenvalue weighted by molar-refractivity contribution is 0.357. The highest BCUT2D eigenvalue weighted by molar-refractivity contribution is 7.89.